The normalized spacial score (nSPS) is 12.8. The van der Waals surface area contributed by atoms with Crippen molar-refractivity contribution in [3.05, 3.63) is 154 Å². The Bertz CT molecular complexity index is 1980. The van der Waals surface area contributed by atoms with Crippen molar-refractivity contribution in [2.45, 2.75) is 58.0 Å². The Hall–Kier alpha value is -5.69. The number of ether oxygens (including phenoxy) is 2. The number of hydrogen-bond acceptors (Lipinski definition) is 9. The van der Waals surface area contributed by atoms with Crippen LogP contribution in [0.1, 0.15) is 67.9 Å². The molecule has 54 heavy (non-hydrogen) atoms. The minimum Gasteiger partial charge on any atom is -0.387 e. The molecular weight excluding hydrogens is 703 g/mol. The van der Waals surface area contributed by atoms with Gasteiger partial charge in [0.05, 0.1) is 16.7 Å². The Morgan fingerprint density at radius 2 is 1.19 bits per heavy atom. The highest BCUT2D eigenvalue weighted by atomic mass is 19.4. The predicted molar refractivity (Wildman–Crippen MR) is 195 cm³/mol. The molecular formula is C42H40F3NO8. The minimum atomic E-state index is -4.28. The fourth-order valence-corrected chi connectivity index (χ4v) is 5.31. The van der Waals surface area contributed by atoms with Gasteiger partial charge in [0.1, 0.15) is 0 Å². The zero-order valence-corrected chi connectivity index (χ0v) is 29.8. The first-order chi connectivity index (χ1) is 25.6. The lowest BCUT2D eigenvalue weighted by Crippen LogP contribution is -2.43. The summed E-state index contributed by atoms with van der Waals surface area (Å²) in [5.74, 6) is -5.25. The molecule has 0 spiro atoms. The fourth-order valence-electron chi connectivity index (χ4n) is 5.31. The highest BCUT2D eigenvalue weighted by Crippen LogP contribution is 2.30. The number of aryl methyl sites for hydroxylation is 3. The van der Waals surface area contributed by atoms with Crippen LogP contribution >= 0.6 is 0 Å². The summed E-state index contributed by atoms with van der Waals surface area (Å²) >= 11 is 0. The van der Waals surface area contributed by atoms with E-state index in [9.17, 15) is 42.6 Å². The zero-order chi connectivity index (χ0) is 39.4. The molecule has 0 heterocycles. The molecule has 5 aromatic rings. The Morgan fingerprint density at radius 3 is 1.72 bits per heavy atom. The van der Waals surface area contributed by atoms with Crippen LogP contribution < -0.4 is 5.32 Å². The summed E-state index contributed by atoms with van der Waals surface area (Å²) in [7, 11) is 0. The average Bonchev–Trinajstić information content (AvgIpc) is 3.16. The van der Waals surface area contributed by atoms with E-state index >= 15 is 0 Å². The largest absolute Gasteiger partial charge is 0.416 e. The molecule has 0 aromatic heterocycles. The Kier molecular flexibility index (Phi) is 14.4. The van der Waals surface area contributed by atoms with Crippen molar-refractivity contribution in [1.82, 2.24) is 5.32 Å². The SMILES string of the molecule is C[C@@H](NCCCc1cccc(C(F)(F)F)c1)c1cccc2ccccc12.Cc1ccc(C(=O)OC(=O)[C@H](O)[C@@H](O)C(=O)OC(=O)c2ccc(C)cc2)cc1. The molecule has 5 rings (SSSR count). The standard InChI is InChI=1S/C22H22F3N.C20H18O8/c1-16(20-13-5-10-18-9-2-3-12-21(18)20)26-14-6-8-17-7-4-11-19(15-17)22(23,24)25;1-11-3-7-13(8-4-11)17(23)27-19(25)15(21)16(22)20(26)28-18(24)14-9-5-12(2)6-10-14/h2-5,7,9-13,15-16,26H,6,8,14H2,1H3;3-10,15-16,21-22H,1-2H3/t16-;15-,16-/m11/s1. The number of carbonyl (C=O) groups is 4. The molecule has 0 saturated heterocycles. The number of benzene rings is 5. The van der Waals surface area contributed by atoms with Gasteiger partial charge in [-0.05, 0) is 92.4 Å². The Balaban J connectivity index is 0.000000241. The third-order valence-electron chi connectivity index (χ3n) is 8.38. The second-order valence-corrected chi connectivity index (χ2v) is 12.6. The maximum Gasteiger partial charge on any atom is 0.416 e. The first-order valence-corrected chi connectivity index (χ1v) is 17.0. The molecule has 3 N–H and O–H groups in total. The Morgan fingerprint density at radius 1 is 0.685 bits per heavy atom. The maximum atomic E-state index is 12.8. The van der Waals surface area contributed by atoms with Crippen LogP contribution in [-0.2, 0) is 31.7 Å². The summed E-state index contributed by atoms with van der Waals surface area (Å²) in [5.41, 5.74) is 3.21. The number of nitrogens with one attached hydrogen (secondary N) is 1. The lowest BCUT2D eigenvalue weighted by molar-refractivity contribution is -0.166. The first-order valence-electron chi connectivity index (χ1n) is 17.0. The number of fused-ring (bicyclic) bond motifs is 1. The smallest absolute Gasteiger partial charge is 0.387 e. The van der Waals surface area contributed by atoms with Gasteiger partial charge >= 0.3 is 30.1 Å². The van der Waals surface area contributed by atoms with E-state index in [1.54, 1.807) is 44.2 Å². The van der Waals surface area contributed by atoms with Crippen LogP contribution in [0.2, 0.25) is 0 Å². The molecule has 0 radical (unpaired) electrons. The second-order valence-electron chi connectivity index (χ2n) is 12.6. The summed E-state index contributed by atoms with van der Waals surface area (Å²) in [4.78, 5) is 47.3. The van der Waals surface area contributed by atoms with Gasteiger partial charge in [-0.3, -0.25) is 0 Å². The van der Waals surface area contributed by atoms with Crippen LogP contribution in [0.4, 0.5) is 13.2 Å². The van der Waals surface area contributed by atoms with Gasteiger partial charge in [-0.15, -0.1) is 0 Å². The van der Waals surface area contributed by atoms with Crippen LogP contribution in [0.25, 0.3) is 10.8 Å². The number of aliphatic hydroxyl groups excluding tert-OH is 2. The summed E-state index contributed by atoms with van der Waals surface area (Å²) < 4.78 is 47.2. The van der Waals surface area contributed by atoms with Crippen molar-refractivity contribution in [2.75, 3.05) is 6.54 Å². The summed E-state index contributed by atoms with van der Waals surface area (Å²) in [5, 5.41) is 25.4. The van der Waals surface area contributed by atoms with E-state index in [1.165, 1.54) is 52.7 Å². The van der Waals surface area contributed by atoms with Gasteiger partial charge in [0.25, 0.3) is 0 Å². The van der Waals surface area contributed by atoms with Gasteiger partial charge in [0.15, 0.2) is 12.2 Å². The molecule has 12 heteroatoms. The molecule has 282 valence electrons. The van der Waals surface area contributed by atoms with E-state index in [1.807, 2.05) is 12.1 Å². The number of carbonyl (C=O) groups excluding carboxylic acids is 4. The van der Waals surface area contributed by atoms with Crippen LogP contribution in [0.15, 0.2) is 115 Å². The maximum absolute atomic E-state index is 12.8. The first kappa shape index (κ1) is 41.1. The van der Waals surface area contributed by atoms with Crippen molar-refractivity contribution in [2.24, 2.45) is 0 Å². The topological polar surface area (TPSA) is 139 Å². The lowest BCUT2D eigenvalue weighted by Gasteiger charge is -2.17. The quantitative estimate of drug-likeness (QED) is 0.0727. The molecule has 0 unspecified atom stereocenters. The molecule has 0 saturated carbocycles. The van der Waals surface area contributed by atoms with Crippen molar-refractivity contribution in [3.63, 3.8) is 0 Å². The summed E-state index contributed by atoms with van der Waals surface area (Å²) in [6.45, 7) is 6.46. The van der Waals surface area contributed by atoms with Crippen LogP contribution in [0.3, 0.4) is 0 Å². The van der Waals surface area contributed by atoms with E-state index in [2.05, 4.69) is 52.0 Å². The Labute approximate surface area is 310 Å². The molecule has 9 nitrogen and oxygen atoms in total. The van der Waals surface area contributed by atoms with Gasteiger partial charge in [0.2, 0.25) is 0 Å². The van der Waals surface area contributed by atoms with Gasteiger partial charge < -0.3 is 25.0 Å². The predicted octanol–water partition coefficient (Wildman–Crippen LogP) is 7.23. The van der Waals surface area contributed by atoms with E-state index in [0.29, 0.717) is 6.42 Å². The van der Waals surface area contributed by atoms with Gasteiger partial charge in [-0.2, -0.15) is 13.2 Å². The van der Waals surface area contributed by atoms with E-state index < -0.39 is 47.8 Å². The second kappa shape index (κ2) is 18.9. The summed E-state index contributed by atoms with van der Waals surface area (Å²) in [6, 6.07) is 32.4. The molecule has 5 aromatic carbocycles. The number of halogens is 3. The summed E-state index contributed by atoms with van der Waals surface area (Å²) in [6.07, 6.45) is -7.69. The highest BCUT2D eigenvalue weighted by Gasteiger charge is 2.35. The third kappa shape index (κ3) is 11.7. The van der Waals surface area contributed by atoms with Crippen LogP contribution in [-0.4, -0.2) is 52.8 Å². The molecule has 0 aliphatic heterocycles. The van der Waals surface area contributed by atoms with Crippen LogP contribution in [0.5, 0.6) is 0 Å². The van der Waals surface area contributed by atoms with E-state index in [0.717, 1.165) is 35.7 Å². The third-order valence-corrected chi connectivity index (χ3v) is 8.38. The van der Waals surface area contributed by atoms with Crippen molar-refractivity contribution < 1.29 is 52.0 Å². The highest BCUT2D eigenvalue weighted by molar-refractivity contribution is 6.01. The number of aliphatic hydroxyl groups is 2. The van der Waals surface area contributed by atoms with E-state index in [-0.39, 0.29) is 17.2 Å². The molecule has 0 fully saturated rings. The molecule has 0 bridgehead atoms. The van der Waals surface area contributed by atoms with Crippen molar-refractivity contribution in [1.29, 1.82) is 0 Å². The van der Waals surface area contributed by atoms with Crippen molar-refractivity contribution >= 4 is 34.6 Å². The molecule has 0 amide bonds. The fraction of sp³-hybridized carbons (Fsp3) is 0.238. The molecule has 0 aliphatic carbocycles. The van der Waals surface area contributed by atoms with Crippen LogP contribution in [0, 0.1) is 13.8 Å². The lowest BCUT2D eigenvalue weighted by atomic mass is 9.99. The van der Waals surface area contributed by atoms with Gasteiger partial charge in [-0.25, -0.2) is 19.2 Å². The number of alkyl halides is 3. The monoisotopic (exact) mass is 743 g/mol. The van der Waals surface area contributed by atoms with E-state index in [4.69, 9.17) is 0 Å². The van der Waals surface area contributed by atoms with Gasteiger partial charge in [-0.1, -0.05) is 96.1 Å². The number of rotatable bonds is 11. The zero-order valence-electron chi connectivity index (χ0n) is 29.8. The minimum absolute atomic E-state index is 0.0396. The van der Waals surface area contributed by atoms with Crippen molar-refractivity contribution in [3.8, 4) is 0 Å². The molecule has 0 aliphatic rings. The average molecular weight is 744 g/mol. The number of esters is 4. The molecule has 3 atom stereocenters. The number of hydrogen-bond donors (Lipinski definition) is 3. The van der Waals surface area contributed by atoms with Gasteiger partial charge in [0, 0.05) is 6.04 Å².